The number of carbonyl (C=O) groups is 1. The van der Waals surface area contributed by atoms with Crippen LogP contribution in [0.25, 0.3) is 0 Å². The summed E-state index contributed by atoms with van der Waals surface area (Å²) in [5, 5.41) is 10.8. The fourth-order valence-electron chi connectivity index (χ4n) is 2.16. The van der Waals surface area contributed by atoms with Gasteiger partial charge >= 0.3 is 0 Å². The van der Waals surface area contributed by atoms with Crippen molar-refractivity contribution in [2.45, 2.75) is 6.54 Å². The summed E-state index contributed by atoms with van der Waals surface area (Å²) in [6.45, 7) is 0.330. The third-order valence-electron chi connectivity index (χ3n) is 3.34. The number of amides is 1. The molecule has 6 nitrogen and oxygen atoms in total. The van der Waals surface area contributed by atoms with Crippen LogP contribution in [0.5, 0.6) is 5.75 Å². The predicted molar refractivity (Wildman–Crippen MR) is 86.9 cm³/mol. The van der Waals surface area contributed by atoms with Crippen molar-refractivity contribution in [3.63, 3.8) is 0 Å². The van der Waals surface area contributed by atoms with E-state index in [0.29, 0.717) is 12.3 Å². The first-order valence-electron chi connectivity index (χ1n) is 6.75. The first-order valence-corrected chi connectivity index (χ1v) is 7.13. The van der Waals surface area contributed by atoms with Gasteiger partial charge in [0.15, 0.2) is 0 Å². The van der Waals surface area contributed by atoms with Crippen LogP contribution < -0.4 is 4.74 Å². The highest BCUT2D eigenvalue weighted by Gasteiger charge is 2.19. The molecule has 0 fully saturated rings. The summed E-state index contributed by atoms with van der Waals surface area (Å²) in [7, 11) is 3.19. The lowest BCUT2D eigenvalue weighted by molar-refractivity contribution is -0.384. The van der Waals surface area contributed by atoms with E-state index in [1.165, 1.54) is 23.1 Å². The number of hydrogen-bond acceptors (Lipinski definition) is 4. The van der Waals surface area contributed by atoms with Gasteiger partial charge in [-0.3, -0.25) is 14.9 Å². The Morgan fingerprint density at radius 3 is 2.61 bits per heavy atom. The van der Waals surface area contributed by atoms with Gasteiger partial charge in [-0.05, 0) is 12.1 Å². The first-order chi connectivity index (χ1) is 10.9. The molecule has 2 rings (SSSR count). The summed E-state index contributed by atoms with van der Waals surface area (Å²) < 4.78 is 5.26. The highest BCUT2D eigenvalue weighted by atomic mass is 35.5. The molecule has 0 unspecified atom stereocenters. The molecule has 0 aliphatic heterocycles. The maximum absolute atomic E-state index is 12.5. The van der Waals surface area contributed by atoms with Crippen LogP contribution >= 0.6 is 11.6 Å². The van der Waals surface area contributed by atoms with Crippen LogP contribution in [0, 0.1) is 10.1 Å². The summed E-state index contributed by atoms with van der Waals surface area (Å²) in [5.74, 6) is 0.359. The highest BCUT2D eigenvalue weighted by molar-refractivity contribution is 6.34. The molecular formula is C16H15ClN2O4. The van der Waals surface area contributed by atoms with Gasteiger partial charge in [0.05, 0.1) is 22.6 Å². The number of rotatable bonds is 5. The number of carbonyl (C=O) groups excluding carboxylic acids is 1. The molecule has 2 aromatic rings. The normalized spacial score (nSPS) is 10.2. The molecule has 0 radical (unpaired) electrons. The lowest BCUT2D eigenvalue weighted by Crippen LogP contribution is -2.26. The monoisotopic (exact) mass is 334 g/mol. The largest absolute Gasteiger partial charge is 0.496 e. The number of para-hydroxylation sites is 1. The van der Waals surface area contributed by atoms with Gasteiger partial charge in [-0.1, -0.05) is 29.8 Å². The van der Waals surface area contributed by atoms with E-state index in [1.807, 2.05) is 24.3 Å². The van der Waals surface area contributed by atoms with Gasteiger partial charge in [0.1, 0.15) is 5.75 Å². The number of ether oxygens (including phenoxy) is 1. The predicted octanol–water partition coefficient (Wildman–Crippen LogP) is 3.53. The van der Waals surface area contributed by atoms with Crippen LogP contribution in [0.4, 0.5) is 5.69 Å². The van der Waals surface area contributed by atoms with Gasteiger partial charge in [0.25, 0.3) is 11.6 Å². The Bertz CT molecular complexity index is 749. The molecule has 2 aromatic carbocycles. The molecule has 0 aromatic heterocycles. The Kier molecular flexibility index (Phi) is 5.18. The van der Waals surface area contributed by atoms with Crippen molar-refractivity contribution >= 4 is 23.2 Å². The SMILES string of the molecule is COc1ccccc1CN(C)C(=O)c1ccc([N+](=O)[O-])cc1Cl. The maximum atomic E-state index is 12.5. The van der Waals surface area contributed by atoms with Crippen molar-refractivity contribution in [2.24, 2.45) is 0 Å². The van der Waals surface area contributed by atoms with E-state index in [9.17, 15) is 14.9 Å². The zero-order valence-electron chi connectivity index (χ0n) is 12.7. The van der Waals surface area contributed by atoms with Crippen molar-refractivity contribution in [2.75, 3.05) is 14.2 Å². The Hall–Kier alpha value is -2.60. The third-order valence-corrected chi connectivity index (χ3v) is 3.65. The smallest absolute Gasteiger partial charge is 0.270 e. The number of nitro benzene ring substituents is 1. The van der Waals surface area contributed by atoms with Crippen molar-refractivity contribution in [3.8, 4) is 5.75 Å². The summed E-state index contributed by atoms with van der Waals surface area (Å²) in [6, 6.07) is 11.2. The minimum atomic E-state index is -0.557. The number of non-ortho nitro benzene ring substituents is 1. The van der Waals surface area contributed by atoms with Gasteiger partial charge < -0.3 is 9.64 Å². The molecule has 0 heterocycles. The molecular weight excluding hydrogens is 320 g/mol. The summed E-state index contributed by atoms with van der Waals surface area (Å²) in [6.07, 6.45) is 0. The Morgan fingerprint density at radius 2 is 2.00 bits per heavy atom. The highest BCUT2D eigenvalue weighted by Crippen LogP contribution is 2.25. The van der Waals surface area contributed by atoms with Crippen LogP contribution in [-0.4, -0.2) is 29.9 Å². The van der Waals surface area contributed by atoms with E-state index in [-0.39, 0.29) is 22.2 Å². The molecule has 0 saturated heterocycles. The molecule has 120 valence electrons. The van der Waals surface area contributed by atoms with E-state index in [0.717, 1.165) is 5.56 Å². The van der Waals surface area contributed by atoms with Gasteiger partial charge in [-0.25, -0.2) is 0 Å². The van der Waals surface area contributed by atoms with E-state index >= 15 is 0 Å². The van der Waals surface area contributed by atoms with Crippen LogP contribution in [0.2, 0.25) is 5.02 Å². The van der Waals surface area contributed by atoms with E-state index in [1.54, 1.807) is 14.2 Å². The van der Waals surface area contributed by atoms with Gasteiger partial charge in [0, 0.05) is 31.3 Å². The number of benzene rings is 2. The van der Waals surface area contributed by atoms with E-state index in [2.05, 4.69) is 0 Å². The Balaban J connectivity index is 2.21. The molecule has 0 bridgehead atoms. The standard InChI is InChI=1S/C16H15ClN2O4/c1-18(10-11-5-3-4-6-15(11)23-2)16(20)13-8-7-12(19(21)22)9-14(13)17/h3-9H,10H2,1-2H3. The van der Waals surface area contributed by atoms with Crippen LogP contribution in [-0.2, 0) is 6.54 Å². The van der Waals surface area contributed by atoms with Gasteiger partial charge in [-0.15, -0.1) is 0 Å². The Labute approximate surface area is 138 Å². The second-order valence-electron chi connectivity index (χ2n) is 4.89. The fourth-order valence-corrected chi connectivity index (χ4v) is 2.41. The average Bonchev–Trinajstić information content (AvgIpc) is 2.54. The molecule has 1 amide bonds. The van der Waals surface area contributed by atoms with Crippen molar-refractivity contribution in [1.29, 1.82) is 0 Å². The summed E-state index contributed by atoms with van der Waals surface area (Å²) in [5.41, 5.74) is 0.914. The average molecular weight is 335 g/mol. The van der Waals surface area contributed by atoms with Crippen molar-refractivity contribution in [1.82, 2.24) is 4.90 Å². The molecule has 0 spiro atoms. The number of hydrogen-bond donors (Lipinski definition) is 0. The van der Waals surface area contributed by atoms with Crippen LogP contribution in [0.1, 0.15) is 15.9 Å². The molecule has 0 aliphatic rings. The zero-order valence-corrected chi connectivity index (χ0v) is 13.4. The number of nitrogens with zero attached hydrogens (tertiary/aromatic N) is 2. The maximum Gasteiger partial charge on any atom is 0.270 e. The number of halogens is 1. The van der Waals surface area contributed by atoms with E-state index in [4.69, 9.17) is 16.3 Å². The fraction of sp³-hybridized carbons (Fsp3) is 0.188. The molecule has 7 heteroatoms. The van der Waals surface area contributed by atoms with Gasteiger partial charge in [0.2, 0.25) is 0 Å². The first kappa shape index (κ1) is 16.8. The van der Waals surface area contributed by atoms with Gasteiger partial charge in [-0.2, -0.15) is 0 Å². The van der Waals surface area contributed by atoms with Crippen LogP contribution in [0.15, 0.2) is 42.5 Å². The van der Waals surface area contributed by atoms with Crippen molar-refractivity contribution < 1.29 is 14.5 Å². The second-order valence-corrected chi connectivity index (χ2v) is 5.30. The number of nitro groups is 1. The quantitative estimate of drug-likeness (QED) is 0.619. The minimum absolute atomic E-state index is 0.0519. The topological polar surface area (TPSA) is 72.7 Å². The summed E-state index contributed by atoms with van der Waals surface area (Å²) >= 11 is 6.00. The lowest BCUT2D eigenvalue weighted by atomic mass is 10.1. The molecule has 0 N–H and O–H groups in total. The molecule has 0 saturated carbocycles. The molecule has 23 heavy (non-hydrogen) atoms. The van der Waals surface area contributed by atoms with Crippen molar-refractivity contribution in [3.05, 3.63) is 68.7 Å². The lowest BCUT2D eigenvalue weighted by Gasteiger charge is -2.19. The molecule has 0 atom stereocenters. The summed E-state index contributed by atoms with van der Waals surface area (Å²) in [4.78, 5) is 24.1. The zero-order chi connectivity index (χ0) is 17.0. The third kappa shape index (κ3) is 3.78. The Morgan fingerprint density at radius 1 is 1.30 bits per heavy atom. The van der Waals surface area contributed by atoms with Crippen LogP contribution in [0.3, 0.4) is 0 Å². The number of methoxy groups -OCH3 is 1. The second kappa shape index (κ2) is 7.11. The van der Waals surface area contributed by atoms with E-state index < -0.39 is 4.92 Å². The minimum Gasteiger partial charge on any atom is -0.496 e. The molecule has 0 aliphatic carbocycles.